The van der Waals surface area contributed by atoms with Crippen LogP contribution in [-0.2, 0) is 16.1 Å². The van der Waals surface area contributed by atoms with Gasteiger partial charge in [-0.15, -0.1) is 0 Å². The number of amides is 1. The number of nitro benzene ring substituents is 1. The number of halogens is 1. The van der Waals surface area contributed by atoms with E-state index in [4.69, 9.17) is 5.11 Å². The molecule has 8 heteroatoms. The summed E-state index contributed by atoms with van der Waals surface area (Å²) in [5.41, 5.74) is 0.570. The van der Waals surface area contributed by atoms with Crippen LogP contribution < -0.4 is 0 Å². The zero-order valence-electron chi connectivity index (χ0n) is 10.3. The molecular weight excluding hydrogens is 332 g/mol. The average Bonchev–Trinajstić information content (AvgIpc) is 2.73. The minimum absolute atomic E-state index is 0.0665. The van der Waals surface area contributed by atoms with Crippen LogP contribution in [0.1, 0.15) is 18.4 Å². The molecule has 0 aliphatic carbocycles. The summed E-state index contributed by atoms with van der Waals surface area (Å²) in [5, 5.41) is 19.7. The van der Waals surface area contributed by atoms with E-state index >= 15 is 0 Å². The molecule has 0 aromatic heterocycles. The molecule has 1 fully saturated rings. The Morgan fingerprint density at radius 2 is 2.25 bits per heavy atom. The van der Waals surface area contributed by atoms with Gasteiger partial charge in [0.1, 0.15) is 6.04 Å². The molecular formula is C12H11BrN2O5. The van der Waals surface area contributed by atoms with Gasteiger partial charge in [-0.2, -0.15) is 0 Å². The maximum absolute atomic E-state index is 11.7. The summed E-state index contributed by atoms with van der Waals surface area (Å²) in [7, 11) is 0. The summed E-state index contributed by atoms with van der Waals surface area (Å²) >= 11 is 3.21. The second-order valence-electron chi connectivity index (χ2n) is 4.45. The molecule has 1 unspecified atom stereocenters. The molecule has 1 aliphatic heterocycles. The van der Waals surface area contributed by atoms with E-state index in [0.29, 0.717) is 16.5 Å². The van der Waals surface area contributed by atoms with Gasteiger partial charge < -0.3 is 10.0 Å². The molecule has 1 N–H and O–H groups in total. The number of rotatable bonds is 4. The molecule has 1 atom stereocenters. The number of carbonyl (C=O) groups is 2. The van der Waals surface area contributed by atoms with Crippen LogP contribution in [0.4, 0.5) is 5.69 Å². The van der Waals surface area contributed by atoms with Crippen LogP contribution in [0.3, 0.4) is 0 Å². The van der Waals surface area contributed by atoms with E-state index in [2.05, 4.69) is 15.9 Å². The lowest BCUT2D eigenvalue weighted by Crippen LogP contribution is -2.37. The van der Waals surface area contributed by atoms with Gasteiger partial charge in [0.15, 0.2) is 0 Å². The third-order valence-electron chi connectivity index (χ3n) is 3.20. The van der Waals surface area contributed by atoms with Crippen LogP contribution in [0.15, 0.2) is 22.7 Å². The van der Waals surface area contributed by atoms with Crippen LogP contribution in [0.25, 0.3) is 0 Å². The van der Waals surface area contributed by atoms with Gasteiger partial charge in [0, 0.05) is 29.6 Å². The molecule has 0 spiro atoms. The first-order valence-corrected chi connectivity index (χ1v) is 6.64. The van der Waals surface area contributed by atoms with Crippen LogP contribution in [0, 0.1) is 10.1 Å². The third kappa shape index (κ3) is 2.79. The van der Waals surface area contributed by atoms with Gasteiger partial charge in [0.2, 0.25) is 5.91 Å². The fourth-order valence-corrected chi connectivity index (χ4v) is 2.64. The molecule has 1 saturated heterocycles. The molecule has 1 aromatic rings. The Labute approximate surface area is 122 Å². The number of benzene rings is 1. The predicted octanol–water partition coefficient (Wildman–Crippen LogP) is 1.93. The second kappa shape index (κ2) is 5.58. The number of carbonyl (C=O) groups excluding carboxylic acids is 1. The van der Waals surface area contributed by atoms with E-state index in [1.807, 2.05) is 0 Å². The first-order valence-electron chi connectivity index (χ1n) is 5.85. The molecule has 106 valence electrons. The third-order valence-corrected chi connectivity index (χ3v) is 3.94. The zero-order valence-corrected chi connectivity index (χ0v) is 11.9. The van der Waals surface area contributed by atoms with Crippen LogP contribution >= 0.6 is 15.9 Å². The van der Waals surface area contributed by atoms with Gasteiger partial charge in [-0.1, -0.05) is 15.9 Å². The van der Waals surface area contributed by atoms with Crippen molar-refractivity contribution in [3.8, 4) is 0 Å². The molecule has 0 saturated carbocycles. The molecule has 0 bridgehead atoms. The molecule has 1 aliphatic rings. The lowest BCUT2D eigenvalue weighted by Gasteiger charge is -2.22. The minimum atomic E-state index is -1.03. The Morgan fingerprint density at radius 3 is 2.80 bits per heavy atom. The number of likely N-dealkylation sites (tertiary alicyclic amines) is 1. The number of carboxylic acids is 1. The Morgan fingerprint density at radius 1 is 1.55 bits per heavy atom. The Balaban J connectivity index is 2.23. The molecule has 2 rings (SSSR count). The fraction of sp³-hybridized carbons (Fsp3) is 0.333. The highest BCUT2D eigenvalue weighted by Crippen LogP contribution is 2.27. The van der Waals surface area contributed by atoms with E-state index in [1.165, 1.54) is 23.1 Å². The SMILES string of the molecule is O=C(O)C1CCC(=O)N1Cc1ccc([N+](=O)[O-])cc1Br. The summed E-state index contributed by atoms with van der Waals surface area (Å²) in [5.74, 6) is -1.25. The molecule has 0 radical (unpaired) electrons. The van der Waals surface area contributed by atoms with E-state index in [9.17, 15) is 19.7 Å². The maximum atomic E-state index is 11.7. The highest BCUT2D eigenvalue weighted by Gasteiger charge is 2.36. The van der Waals surface area contributed by atoms with Crippen molar-refractivity contribution in [1.29, 1.82) is 0 Å². The number of hydrogen-bond donors (Lipinski definition) is 1. The number of carboxylic acid groups (broad SMARTS) is 1. The first kappa shape index (κ1) is 14.4. The molecule has 1 amide bonds. The normalized spacial score (nSPS) is 18.4. The van der Waals surface area contributed by atoms with Gasteiger partial charge in [-0.05, 0) is 18.1 Å². The Hall–Kier alpha value is -1.96. The fourth-order valence-electron chi connectivity index (χ4n) is 2.15. The standard InChI is InChI=1S/C12H11BrN2O5/c13-9-5-8(15(19)20)2-1-7(9)6-14-10(12(17)18)3-4-11(14)16/h1-2,5,10H,3-4,6H2,(H,17,18). The minimum Gasteiger partial charge on any atom is -0.480 e. The molecule has 20 heavy (non-hydrogen) atoms. The van der Waals surface area contributed by atoms with Crippen LogP contribution in [0.5, 0.6) is 0 Å². The summed E-state index contributed by atoms with van der Waals surface area (Å²) in [6.07, 6.45) is 0.500. The number of non-ortho nitro benzene ring substituents is 1. The van der Waals surface area contributed by atoms with Crippen molar-refractivity contribution in [2.24, 2.45) is 0 Å². The second-order valence-corrected chi connectivity index (χ2v) is 5.30. The Bertz CT molecular complexity index is 589. The Kier molecular flexibility index (Phi) is 4.03. The number of nitrogens with zero attached hydrogens (tertiary/aromatic N) is 2. The van der Waals surface area contributed by atoms with E-state index < -0.39 is 16.9 Å². The first-order chi connectivity index (χ1) is 9.40. The topological polar surface area (TPSA) is 101 Å². The van der Waals surface area contributed by atoms with Crippen molar-refractivity contribution in [1.82, 2.24) is 4.90 Å². The van der Waals surface area contributed by atoms with E-state index in [1.54, 1.807) is 0 Å². The van der Waals surface area contributed by atoms with E-state index in [0.717, 1.165) is 0 Å². The van der Waals surface area contributed by atoms with Crippen molar-refractivity contribution >= 4 is 33.5 Å². The van der Waals surface area contributed by atoms with Crippen molar-refractivity contribution in [3.63, 3.8) is 0 Å². The van der Waals surface area contributed by atoms with Gasteiger partial charge in [0.25, 0.3) is 5.69 Å². The maximum Gasteiger partial charge on any atom is 0.326 e. The smallest absolute Gasteiger partial charge is 0.326 e. The van der Waals surface area contributed by atoms with Gasteiger partial charge in [-0.25, -0.2) is 4.79 Å². The summed E-state index contributed by atoms with van der Waals surface area (Å²) in [4.78, 5) is 34.2. The molecule has 1 heterocycles. The average molecular weight is 343 g/mol. The number of aliphatic carboxylic acids is 1. The summed E-state index contributed by atoms with van der Waals surface area (Å²) in [6.45, 7) is 0.119. The monoisotopic (exact) mass is 342 g/mol. The van der Waals surface area contributed by atoms with Crippen molar-refractivity contribution in [2.75, 3.05) is 0 Å². The number of nitro groups is 1. The van der Waals surface area contributed by atoms with Crippen LogP contribution in [-0.4, -0.2) is 32.8 Å². The highest BCUT2D eigenvalue weighted by molar-refractivity contribution is 9.10. The van der Waals surface area contributed by atoms with Gasteiger partial charge >= 0.3 is 5.97 Å². The van der Waals surface area contributed by atoms with Crippen molar-refractivity contribution in [3.05, 3.63) is 38.3 Å². The van der Waals surface area contributed by atoms with Crippen molar-refractivity contribution < 1.29 is 19.6 Å². The number of hydrogen-bond acceptors (Lipinski definition) is 4. The van der Waals surface area contributed by atoms with E-state index in [-0.39, 0.29) is 24.6 Å². The summed E-state index contributed by atoms with van der Waals surface area (Å²) in [6, 6.07) is 3.36. The van der Waals surface area contributed by atoms with Crippen molar-refractivity contribution in [2.45, 2.75) is 25.4 Å². The lowest BCUT2D eigenvalue weighted by atomic mass is 10.1. The van der Waals surface area contributed by atoms with Gasteiger partial charge in [-0.3, -0.25) is 14.9 Å². The predicted molar refractivity (Wildman–Crippen MR) is 72.0 cm³/mol. The largest absolute Gasteiger partial charge is 0.480 e. The molecule has 1 aromatic carbocycles. The van der Waals surface area contributed by atoms with Gasteiger partial charge in [0.05, 0.1) is 4.92 Å². The lowest BCUT2D eigenvalue weighted by molar-refractivity contribution is -0.384. The highest BCUT2D eigenvalue weighted by atomic mass is 79.9. The summed E-state index contributed by atoms with van der Waals surface area (Å²) < 4.78 is 0.482. The van der Waals surface area contributed by atoms with Crippen LogP contribution in [0.2, 0.25) is 0 Å². The quantitative estimate of drug-likeness (QED) is 0.665. The molecule has 7 nitrogen and oxygen atoms in total. The zero-order chi connectivity index (χ0) is 14.9.